The minimum absolute atomic E-state index is 0.458. The molecule has 0 unspecified atom stereocenters. The number of carbonyl (C=O) groups excluding carboxylic acids is 1. The summed E-state index contributed by atoms with van der Waals surface area (Å²) in [6, 6.07) is 25.9. The van der Waals surface area contributed by atoms with Crippen molar-refractivity contribution in [3.63, 3.8) is 0 Å². The first-order valence-corrected chi connectivity index (χ1v) is 9.04. The zero-order valence-electron chi connectivity index (χ0n) is 15.2. The number of pyridine rings is 1. The first-order chi connectivity index (χ1) is 13.8. The largest absolute Gasteiger partial charge is 0.311 e. The monoisotopic (exact) mass is 362 g/mol. The molecule has 1 heterocycles. The van der Waals surface area contributed by atoms with Gasteiger partial charge in [-0.05, 0) is 46.7 Å². The molecule has 0 atom stereocenters. The highest BCUT2D eigenvalue weighted by molar-refractivity contribution is 5.88. The number of anilines is 1. The summed E-state index contributed by atoms with van der Waals surface area (Å²) in [7, 11) is 0. The van der Waals surface area contributed by atoms with E-state index in [1.54, 1.807) is 17.3 Å². The lowest BCUT2D eigenvalue weighted by Gasteiger charge is -2.19. The molecule has 4 rings (SSSR count). The zero-order valence-corrected chi connectivity index (χ0v) is 15.2. The molecule has 134 valence electrons. The molecule has 0 aliphatic rings. The predicted molar refractivity (Wildman–Crippen MR) is 113 cm³/mol. The molecule has 0 spiro atoms. The van der Waals surface area contributed by atoms with Crippen LogP contribution in [0.1, 0.15) is 16.7 Å². The van der Waals surface area contributed by atoms with Gasteiger partial charge in [0.1, 0.15) is 0 Å². The maximum atomic E-state index is 11.8. The van der Waals surface area contributed by atoms with Crippen molar-refractivity contribution in [3.05, 3.63) is 108 Å². The number of aromatic nitrogens is 1. The van der Waals surface area contributed by atoms with E-state index >= 15 is 0 Å². The molecule has 0 bridgehead atoms. The van der Waals surface area contributed by atoms with E-state index in [1.807, 2.05) is 66.7 Å². The second-order valence-electron chi connectivity index (χ2n) is 6.41. The summed E-state index contributed by atoms with van der Waals surface area (Å²) in [6.45, 7) is 0.458. The molecule has 0 radical (unpaired) electrons. The maximum Gasteiger partial charge on any atom is 0.214 e. The van der Waals surface area contributed by atoms with Gasteiger partial charge in [0.2, 0.25) is 6.41 Å². The Bertz CT molecular complexity index is 1170. The first-order valence-electron chi connectivity index (χ1n) is 9.04. The molecule has 0 aliphatic carbocycles. The molecule has 1 aromatic heterocycles. The number of nitrogens with zero attached hydrogens (tertiary/aromatic N) is 2. The maximum absolute atomic E-state index is 11.8. The lowest BCUT2D eigenvalue weighted by Crippen LogP contribution is -2.20. The van der Waals surface area contributed by atoms with Gasteiger partial charge in [0.15, 0.2) is 0 Å². The Balaban J connectivity index is 1.64. The Morgan fingerprint density at radius 3 is 2.50 bits per heavy atom. The number of fused-ring (bicyclic) bond motifs is 1. The normalized spacial score (nSPS) is 10.1. The first kappa shape index (κ1) is 17.5. The van der Waals surface area contributed by atoms with Crippen molar-refractivity contribution in [2.45, 2.75) is 6.54 Å². The number of rotatable bonds is 4. The van der Waals surface area contributed by atoms with E-state index in [0.29, 0.717) is 6.54 Å². The van der Waals surface area contributed by atoms with Crippen LogP contribution >= 0.6 is 0 Å². The van der Waals surface area contributed by atoms with Crippen LogP contribution in [0.5, 0.6) is 0 Å². The van der Waals surface area contributed by atoms with Crippen LogP contribution < -0.4 is 4.90 Å². The van der Waals surface area contributed by atoms with Crippen molar-refractivity contribution < 1.29 is 4.79 Å². The van der Waals surface area contributed by atoms with E-state index in [2.05, 4.69) is 29.0 Å². The molecule has 1 amide bonds. The fraction of sp³-hybridized carbons (Fsp3) is 0.0400. The smallest absolute Gasteiger partial charge is 0.214 e. The van der Waals surface area contributed by atoms with Gasteiger partial charge in [-0.2, -0.15) is 0 Å². The zero-order chi connectivity index (χ0) is 19.2. The third kappa shape index (κ3) is 3.92. The van der Waals surface area contributed by atoms with Crippen molar-refractivity contribution in [1.29, 1.82) is 0 Å². The Hall–Kier alpha value is -3.90. The lowest BCUT2D eigenvalue weighted by molar-refractivity contribution is -0.107. The SMILES string of the molecule is O=CN(Cc1ccccc1C#Cc1cccnc1)c1ccc2ccccc2c1. The number of hydrogen-bond acceptors (Lipinski definition) is 2. The molecule has 0 N–H and O–H groups in total. The highest BCUT2D eigenvalue weighted by Gasteiger charge is 2.09. The molecule has 0 fully saturated rings. The summed E-state index contributed by atoms with van der Waals surface area (Å²) >= 11 is 0. The Kier molecular flexibility index (Phi) is 5.13. The van der Waals surface area contributed by atoms with Crippen LogP contribution in [0, 0.1) is 11.8 Å². The second-order valence-corrected chi connectivity index (χ2v) is 6.41. The summed E-state index contributed by atoms with van der Waals surface area (Å²) in [4.78, 5) is 17.6. The number of benzene rings is 3. The Morgan fingerprint density at radius 1 is 0.857 bits per heavy atom. The van der Waals surface area contributed by atoms with Crippen molar-refractivity contribution in [2.24, 2.45) is 0 Å². The minimum atomic E-state index is 0.458. The summed E-state index contributed by atoms with van der Waals surface area (Å²) in [5.74, 6) is 6.34. The molecule has 0 saturated heterocycles. The van der Waals surface area contributed by atoms with Gasteiger partial charge in [-0.3, -0.25) is 9.78 Å². The van der Waals surface area contributed by atoms with Crippen molar-refractivity contribution in [2.75, 3.05) is 4.90 Å². The van der Waals surface area contributed by atoms with Gasteiger partial charge >= 0.3 is 0 Å². The fourth-order valence-electron chi connectivity index (χ4n) is 3.08. The van der Waals surface area contributed by atoms with E-state index in [9.17, 15) is 4.79 Å². The van der Waals surface area contributed by atoms with Crippen LogP contribution in [0.3, 0.4) is 0 Å². The summed E-state index contributed by atoms with van der Waals surface area (Å²) in [5, 5.41) is 2.26. The number of carbonyl (C=O) groups is 1. The van der Waals surface area contributed by atoms with Gasteiger partial charge < -0.3 is 4.90 Å². The van der Waals surface area contributed by atoms with Crippen LogP contribution in [0.2, 0.25) is 0 Å². The van der Waals surface area contributed by atoms with Gasteiger partial charge in [0, 0.05) is 29.2 Å². The van der Waals surface area contributed by atoms with Crippen LogP contribution in [0.4, 0.5) is 5.69 Å². The van der Waals surface area contributed by atoms with E-state index in [-0.39, 0.29) is 0 Å². The average Bonchev–Trinajstić information content (AvgIpc) is 2.77. The molecule has 0 saturated carbocycles. The predicted octanol–water partition coefficient (Wildman–Crippen LogP) is 4.80. The third-order valence-electron chi connectivity index (χ3n) is 4.55. The van der Waals surface area contributed by atoms with Gasteiger partial charge in [-0.15, -0.1) is 0 Å². The highest BCUT2D eigenvalue weighted by atomic mass is 16.1. The van der Waals surface area contributed by atoms with E-state index in [1.165, 1.54) is 0 Å². The quantitative estimate of drug-likeness (QED) is 0.386. The minimum Gasteiger partial charge on any atom is -0.311 e. The molecular formula is C25H18N2O. The van der Waals surface area contributed by atoms with Gasteiger partial charge in [-0.25, -0.2) is 0 Å². The fourth-order valence-corrected chi connectivity index (χ4v) is 3.08. The van der Waals surface area contributed by atoms with Crippen LogP contribution in [-0.4, -0.2) is 11.4 Å². The summed E-state index contributed by atoms with van der Waals surface area (Å²) in [5.41, 5.74) is 3.63. The summed E-state index contributed by atoms with van der Waals surface area (Å²) in [6.07, 6.45) is 4.34. The van der Waals surface area contributed by atoms with Gasteiger partial charge in [-0.1, -0.05) is 60.4 Å². The highest BCUT2D eigenvalue weighted by Crippen LogP contribution is 2.23. The molecule has 3 nitrogen and oxygen atoms in total. The average molecular weight is 362 g/mol. The third-order valence-corrected chi connectivity index (χ3v) is 4.55. The summed E-state index contributed by atoms with van der Waals surface area (Å²) < 4.78 is 0. The lowest BCUT2D eigenvalue weighted by atomic mass is 10.1. The van der Waals surface area contributed by atoms with Crippen molar-refractivity contribution in [1.82, 2.24) is 4.98 Å². The van der Waals surface area contributed by atoms with Crippen LogP contribution in [-0.2, 0) is 11.3 Å². The van der Waals surface area contributed by atoms with E-state index in [4.69, 9.17) is 0 Å². The molecule has 28 heavy (non-hydrogen) atoms. The Morgan fingerprint density at radius 2 is 1.68 bits per heavy atom. The molecular weight excluding hydrogens is 344 g/mol. The molecule has 0 aliphatic heterocycles. The topological polar surface area (TPSA) is 33.2 Å². The van der Waals surface area contributed by atoms with E-state index in [0.717, 1.165) is 39.6 Å². The van der Waals surface area contributed by atoms with Crippen molar-refractivity contribution in [3.8, 4) is 11.8 Å². The Labute approximate surface area is 164 Å². The van der Waals surface area contributed by atoms with Gasteiger partial charge in [0.05, 0.1) is 6.54 Å². The van der Waals surface area contributed by atoms with Gasteiger partial charge in [0.25, 0.3) is 0 Å². The second kappa shape index (κ2) is 8.20. The van der Waals surface area contributed by atoms with E-state index < -0.39 is 0 Å². The van der Waals surface area contributed by atoms with Crippen LogP contribution in [0.15, 0.2) is 91.3 Å². The molecule has 3 heteroatoms. The molecule has 3 aromatic carbocycles. The van der Waals surface area contributed by atoms with Crippen molar-refractivity contribution >= 4 is 22.9 Å². The van der Waals surface area contributed by atoms with Crippen LogP contribution in [0.25, 0.3) is 10.8 Å². The number of amides is 1. The number of hydrogen-bond donors (Lipinski definition) is 0. The standard InChI is InChI=1S/C25H18N2O/c28-19-27(25-14-13-21-7-1-3-9-23(21)16-25)18-24-10-4-2-8-22(24)12-11-20-6-5-15-26-17-20/h1-10,13-17,19H,18H2. The molecule has 4 aromatic rings.